The summed E-state index contributed by atoms with van der Waals surface area (Å²) < 4.78 is 19.4. The van der Waals surface area contributed by atoms with Gasteiger partial charge in [0, 0.05) is 11.3 Å². The van der Waals surface area contributed by atoms with Gasteiger partial charge in [0.1, 0.15) is 0 Å². The Bertz CT molecular complexity index is 878. The molecule has 0 saturated carbocycles. The highest BCUT2D eigenvalue weighted by Crippen LogP contribution is 2.26. The zero-order chi connectivity index (χ0) is 18.0. The second kappa shape index (κ2) is 6.51. The van der Waals surface area contributed by atoms with E-state index < -0.39 is 17.5 Å². The Morgan fingerprint density at radius 3 is 2.28 bits per heavy atom. The van der Waals surface area contributed by atoms with Crippen molar-refractivity contribution in [2.75, 3.05) is 5.32 Å². The minimum Gasteiger partial charge on any atom is -0.347 e. The Labute approximate surface area is 145 Å². The van der Waals surface area contributed by atoms with Crippen molar-refractivity contribution >= 4 is 11.6 Å². The van der Waals surface area contributed by atoms with E-state index in [9.17, 15) is 9.18 Å². The highest BCUT2D eigenvalue weighted by Gasteiger charge is 2.23. The summed E-state index contributed by atoms with van der Waals surface area (Å²) >= 11 is 0. The van der Waals surface area contributed by atoms with E-state index in [1.165, 1.54) is 0 Å². The number of hydrogen-bond acceptors (Lipinski definition) is 3. The van der Waals surface area contributed by atoms with E-state index >= 15 is 0 Å². The monoisotopic (exact) mass is 338 g/mol. The van der Waals surface area contributed by atoms with Crippen molar-refractivity contribution in [2.24, 2.45) is 0 Å². The highest BCUT2D eigenvalue weighted by atomic mass is 19.1. The Balaban J connectivity index is 1.79. The molecule has 4 nitrogen and oxygen atoms in total. The molecule has 3 aromatic rings. The van der Waals surface area contributed by atoms with Crippen LogP contribution in [-0.2, 0) is 5.41 Å². The van der Waals surface area contributed by atoms with Crippen LogP contribution in [0, 0.1) is 5.82 Å². The number of nitrogens with zero attached hydrogens (tertiary/aromatic N) is 1. The Morgan fingerprint density at radius 2 is 1.68 bits per heavy atom. The van der Waals surface area contributed by atoms with Gasteiger partial charge in [0.15, 0.2) is 5.69 Å². The van der Waals surface area contributed by atoms with Gasteiger partial charge in [-0.15, -0.1) is 0 Å². The van der Waals surface area contributed by atoms with Crippen LogP contribution >= 0.6 is 0 Å². The number of rotatable bonds is 3. The SMILES string of the molecule is CC(C)(C)c1ccc(NC(=O)c2onc(-c3ccccc3)c2F)cc1. The number of aromatic nitrogens is 1. The molecule has 0 saturated heterocycles. The predicted octanol–water partition coefficient (Wildman–Crippen LogP) is 5.03. The van der Waals surface area contributed by atoms with Gasteiger partial charge in [-0.1, -0.05) is 68.4 Å². The van der Waals surface area contributed by atoms with Crippen LogP contribution in [0.15, 0.2) is 59.1 Å². The van der Waals surface area contributed by atoms with Crippen LogP contribution in [0.25, 0.3) is 11.3 Å². The zero-order valence-electron chi connectivity index (χ0n) is 14.3. The van der Waals surface area contributed by atoms with Gasteiger partial charge in [0.05, 0.1) is 0 Å². The maximum absolute atomic E-state index is 14.5. The van der Waals surface area contributed by atoms with Crippen LogP contribution in [-0.4, -0.2) is 11.1 Å². The quantitative estimate of drug-likeness (QED) is 0.728. The minimum absolute atomic E-state index is 0.0180. The molecular weight excluding hydrogens is 319 g/mol. The second-order valence-electron chi connectivity index (χ2n) is 6.82. The smallest absolute Gasteiger partial charge is 0.297 e. The largest absolute Gasteiger partial charge is 0.347 e. The fourth-order valence-corrected chi connectivity index (χ4v) is 2.44. The molecule has 0 unspecified atom stereocenters. The molecule has 0 bridgehead atoms. The van der Waals surface area contributed by atoms with Gasteiger partial charge in [-0.05, 0) is 23.1 Å². The number of anilines is 1. The fraction of sp³-hybridized carbons (Fsp3) is 0.200. The van der Waals surface area contributed by atoms with Gasteiger partial charge in [-0.25, -0.2) is 0 Å². The fourth-order valence-electron chi connectivity index (χ4n) is 2.44. The van der Waals surface area contributed by atoms with Crippen molar-refractivity contribution < 1.29 is 13.7 Å². The molecule has 128 valence electrons. The van der Waals surface area contributed by atoms with E-state index in [1.54, 1.807) is 36.4 Å². The average Bonchev–Trinajstić information content (AvgIpc) is 2.97. The first-order valence-corrected chi connectivity index (χ1v) is 7.99. The van der Waals surface area contributed by atoms with Crippen LogP contribution in [0.3, 0.4) is 0 Å². The summed E-state index contributed by atoms with van der Waals surface area (Å²) in [5.41, 5.74) is 2.30. The van der Waals surface area contributed by atoms with Crippen LogP contribution < -0.4 is 5.32 Å². The molecule has 1 amide bonds. The molecule has 0 aliphatic carbocycles. The number of hydrogen-bond donors (Lipinski definition) is 1. The summed E-state index contributed by atoms with van der Waals surface area (Å²) in [6.45, 7) is 6.32. The van der Waals surface area contributed by atoms with Crippen LogP contribution in [0.1, 0.15) is 36.9 Å². The maximum Gasteiger partial charge on any atom is 0.297 e. The predicted molar refractivity (Wildman–Crippen MR) is 95.0 cm³/mol. The number of halogens is 1. The molecule has 3 rings (SSSR count). The van der Waals surface area contributed by atoms with Crippen LogP contribution in [0.2, 0.25) is 0 Å². The lowest BCUT2D eigenvalue weighted by Crippen LogP contribution is -2.14. The van der Waals surface area contributed by atoms with Crippen LogP contribution in [0.4, 0.5) is 10.1 Å². The molecule has 0 atom stereocenters. The van der Waals surface area contributed by atoms with Crippen molar-refractivity contribution in [1.29, 1.82) is 0 Å². The van der Waals surface area contributed by atoms with Gasteiger partial charge in [-0.2, -0.15) is 4.39 Å². The lowest BCUT2D eigenvalue weighted by atomic mass is 9.87. The molecule has 0 aliphatic heterocycles. The first-order chi connectivity index (χ1) is 11.9. The zero-order valence-corrected chi connectivity index (χ0v) is 14.3. The summed E-state index contributed by atoms with van der Waals surface area (Å²) in [5, 5.41) is 6.31. The van der Waals surface area contributed by atoms with Gasteiger partial charge in [-0.3, -0.25) is 4.79 Å². The summed E-state index contributed by atoms with van der Waals surface area (Å²) in [4.78, 5) is 12.3. The van der Waals surface area contributed by atoms with Gasteiger partial charge >= 0.3 is 0 Å². The third kappa shape index (κ3) is 3.60. The molecule has 1 N–H and O–H groups in total. The summed E-state index contributed by atoms with van der Waals surface area (Å²) in [6, 6.07) is 16.2. The minimum atomic E-state index is -0.769. The maximum atomic E-state index is 14.5. The number of amides is 1. The highest BCUT2D eigenvalue weighted by molar-refractivity contribution is 6.03. The lowest BCUT2D eigenvalue weighted by Gasteiger charge is -2.19. The number of benzene rings is 2. The molecular formula is C20H19FN2O2. The Hall–Kier alpha value is -2.95. The molecule has 1 aromatic heterocycles. The summed E-state index contributed by atoms with van der Waals surface area (Å²) in [5.74, 6) is -1.87. The Kier molecular flexibility index (Phi) is 4.40. The topological polar surface area (TPSA) is 55.1 Å². The summed E-state index contributed by atoms with van der Waals surface area (Å²) in [6.07, 6.45) is 0. The van der Waals surface area contributed by atoms with Gasteiger partial charge < -0.3 is 9.84 Å². The van der Waals surface area contributed by atoms with Crippen molar-refractivity contribution in [3.8, 4) is 11.3 Å². The van der Waals surface area contributed by atoms with Crippen molar-refractivity contribution in [3.63, 3.8) is 0 Å². The second-order valence-corrected chi connectivity index (χ2v) is 6.82. The molecule has 2 aromatic carbocycles. The molecule has 0 spiro atoms. The van der Waals surface area contributed by atoms with E-state index in [0.717, 1.165) is 5.56 Å². The molecule has 5 heteroatoms. The third-order valence-corrected chi connectivity index (χ3v) is 3.90. The number of nitrogens with one attached hydrogen (secondary N) is 1. The van der Waals surface area contributed by atoms with E-state index in [-0.39, 0.29) is 11.1 Å². The first kappa shape index (κ1) is 16.9. The van der Waals surface area contributed by atoms with Gasteiger partial charge in [0.2, 0.25) is 5.82 Å². The molecule has 1 heterocycles. The number of carbonyl (C=O) groups is 1. The van der Waals surface area contributed by atoms with Crippen LogP contribution in [0.5, 0.6) is 0 Å². The number of carbonyl (C=O) groups excluding carboxylic acids is 1. The van der Waals surface area contributed by atoms with E-state index in [1.807, 2.05) is 18.2 Å². The molecule has 0 radical (unpaired) electrons. The van der Waals surface area contributed by atoms with E-state index in [2.05, 4.69) is 31.2 Å². The molecule has 0 aliphatic rings. The summed E-state index contributed by atoms with van der Waals surface area (Å²) in [7, 11) is 0. The standard InChI is InChI=1S/C20H19FN2O2/c1-20(2,3)14-9-11-15(12-10-14)22-19(24)18-16(21)17(23-25-18)13-7-5-4-6-8-13/h4-12H,1-3H3,(H,22,24). The Morgan fingerprint density at radius 1 is 1.04 bits per heavy atom. The third-order valence-electron chi connectivity index (χ3n) is 3.90. The average molecular weight is 338 g/mol. The van der Waals surface area contributed by atoms with Crippen molar-refractivity contribution in [3.05, 3.63) is 71.7 Å². The van der Waals surface area contributed by atoms with E-state index in [4.69, 9.17) is 4.52 Å². The van der Waals surface area contributed by atoms with E-state index in [0.29, 0.717) is 11.3 Å². The normalized spacial score (nSPS) is 11.4. The van der Waals surface area contributed by atoms with Gasteiger partial charge in [0.25, 0.3) is 11.7 Å². The van der Waals surface area contributed by atoms with Crippen molar-refractivity contribution in [2.45, 2.75) is 26.2 Å². The first-order valence-electron chi connectivity index (χ1n) is 7.99. The molecule has 25 heavy (non-hydrogen) atoms. The molecule has 0 fully saturated rings. The lowest BCUT2D eigenvalue weighted by molar-refractivity contribution is 0.0982. The van der Waals surface area contributed by atoms with Crippen molar-refractivity contribution in [1.82, 2.24) is 5.16 Å².